The van der Waals surface area contributed by atoms with Crippen LogP contribution in [0.1, 0.15) is 74.0 Å². The highest BCUT2D eigenvalue weighted by molar-refractivity contribution is 6.04. The Morgan fingerprint density at radius 2 is 1.32 bits per heavy atom. The molecule has 0 radical (unpaired) electrons. The number of phenolic OH excluding ortho intramolecular Hbond substituents is 1. The highest BCUT2D eigenvalue weighted by Crippen LogP contribution is 2.47. The van der Waals surface area contributed by atoms with Crippen LogP contribution in [0.25, 0.3) is 16.8 Å². The predicted molar refractivity (Wildman–Crippen MR) is 214 cm³/mol. The molecule has 1 saturated heterocycles. The van der Waals surface area contributed by atoms with Crippen molar-refractivity contribution >= 4 is 40.4 Å². The quantitative estimate of drug-likeness (QED) is 0.114. The van der Waals surface area contributed by atoms with Gasteiger partial charge in [0.15, 0.2) is 5.60 Å². The molecule has 0 saturated carbocycles. The first-order chi connectivity index (χ1) is 27.3. The van der Waals surface area contributed by atoms with Gasteiger partial charge in [0.2, 0.25) is 0 Å². The lowest BCUT2D eigenvalue weighted by Gasteiger charge is -2.37. The van der Waals surface area contributed by atoms with Gasteiger partial charge in [-0.05, 0) is 129 Å². The Kier molecular flexibility index (Phi) is 9.98. The van der Waals surface area contributed by atoms with Crippen LogP contribution in [0.5, 0.6) is 23.0 Å². The maximum Gasteiger partial charge on any atom is 0.343 e. The molecule has 1 fully saturated rings. The molecule has 0 bridgehead atoms. The number of anilines is 1. The predicted octanol–water partition coefficient (Wildman–Crippen LogP) is 9.50. The minimum atomic E-state index is -1.01. The summed E-state index contributed by atoms with van der Waals surface area (Å²) in [6, 6.07) is 37.2. The lowest BCUT2D eigenvalue weighted by atomic mass is 9.82. The minimum Gasteiger partial charge on any atom is -0.508 e. The number of esters is 3. The van der Waals surface area contributed by atoms with E-state index in [2.05, 4.69) is 29.2 Å². The number of hydrogen-bond donors (Lipinski definition) is 1. The van der Waals surface area contributed by atoms with Gasteiger partial charge in [-0.3, -0.25) is 0 Å². The van der Waals surface area contributed by atoms with Crippen LogP contribution < -0.4 is 19.1 Å². The second kappa shape index (κ2) is 15.5. The molecule has 0 spiro atoms. The Morgan fingerprint density at radius 1 is 0.696 bits per heavy atom. The second-order valence-corrected chi connectivity index (χ2v) is 13.8. The zero-order chi connectivity index (χ0) is 38.6. The van der Waals surface area contributed by atoms with E-state index in [-0.39, 0.29) is 35.0 Å². The number of ether oxygens (including phenoxy) is 4. The van der Waals surface area contributed by atoms with Crippen LogP contribution in [0, 0.1) is 0 Å². The van der Waals surface area contributed by atoms with Crippen LogP contribution in [-0.4, -0.2) is 42.7 Å². The van der Waals surface area contributed by atoms with Gasteiger partial charge in [-0.15, -0.1) is 0 Å². The molecule has 1 N–H and O–H groups in total. The molecule has 6 aromatic rings. The Labute approximate surface area is 324 Å². The number of carbonyl (C=O) groups is 3. The van der Waals surface area contributed by atoms with Crippen molar-refractivity contribution in [1.82, 2.24) is 0 Å². The number of rotatable bonds is 9. The third-order valence-corrected chi connectivity index (χ3v) is 10.2. The lowest BCUT2D eigenvalue weighted by Crippen LogP contribution is -2.35. The van der Waals surface area contributed by atoms with Crippen LogP contribution in [0.3, 0.4) is 0 Å². The maximum atomic E-state index is 13.4. The van der Waals surface area contributed by atoms with Crippen LogP contribution in [-0.2, 0) is 10.3 Å². The molecule has 2 aliphatic rings. The van der Waals surface area contributed by atoms with E-state index in [1.54, 1.807) is 25.1 Å². The normalized spacial score (nSPS) is 16.1. The van der Waals surface area contributed by atoms with E-state index in [1.165, 1.54) is 73.5 Å². The van der Waals surface area contributed by atoms with Crippen LogP contribution >= 0.6 is 0 Å². The van der Waals surface area contributed by atoms with Crippen molar-refractivity contribution in [3.8, 4) is 23.0 Å². The summed E-state index contributed by atoms with van der Waals surface area (Å²) in [4.78, 5) is 41.6. The van der Waals surface area contributed by atoms with Crippen molar-refractivity contribution in [3.63, 3.8) is 0 Å². The largest absolute Gasteiger partial charge is 0.508 e. The van der Waals surface area contributed by atoms with Crippen molar-refractivity contribution in [1.29, 1.82) is 0 Å². The fourth-order valence-electron chi connectivity index (χ4n) is 7.30. The molecule has 1 unspecified atom stereocenters. The van der Waals surface area contributed by atoms with Crippen molar-refractivity contribution in [2.75, 3.05) is 24.6 Å². The number of phenols is 1. The Hall–Kier alpha value is -6.87. The van der Waals surface area contributed by atoms with Gasteiger partial charge in [0.05, 0.1) is 23.3 Å². The molecule has 0 aliphatic carbocycles. The van der Waals surface area contributed by atoms with Gasteiger partial charge in [-0.1, -0.05) is 42.5 Å². The lowest BCUT2D eigenvalue weighted by molar-refractivity contribution is 0.0524. The zero-order valence-corrected chi connectivity index (χ0v) is 30.8. The fraction of sp³-hybridized carbons (Fsp3) is 0.170. The summed E-state index contributed by atoms with van der Waals surface area (Å²) in [6.45, 7) is 4.04. The van der Waals surface area contributed by atoms with E-state index >= 15 is 0 Å². The Balaban J connectivity index is 1.11. The van der Waals surface area contributed by atoms with Gasteiger partial charge in [0.25, 0.3) is 0 Å². The summed E-state index contributed by atoms with van der Waals surface area (Å²) in [5.74, 6) is -0.687. The standard InChI is InChI=1S/C47H39NO8/c1-2-53-46(52)42-30-33-29-39(55-45(51)32-13-21-38(22-14-32)54-44(50)31-11-19-37(49)20-12-31)23-24-40(33)43-41(42)25-26-47(56-43,34-9-5-3-6-10-34)35-15-17-36(18-16-35)48-27-7-4-8-28-48/h3,5-6,9-26,29-30,49H,2,4,7-8,27-28H2,1H3. The van der Waals surface area contributed by atoms with Crippen LogP contribution in [0.15, 0.2) is 133 Å². The van der Waals surface area contributed by atoms with E-state index < -0.39 is 23.5 Å². The number of aromatic hydroxyl groups is 1. The van der Waals surface area contributed by atoms with Crippen LogP contribution in [0.4, 0.5) is 5.69 Å². The van der Waals surface area contributed by atoms with Crippen molar-refractivity contribution in [3.05, 3.63) is 167 Å². The molecule has 2 aliphatic heterocycles. The molecule has 2 heterocycles. The second-order valence-electron chi connectivity index (χ2n) is 13.8. The summed E-state index contributed by atoms with van der Waals surface area (Å²) < 4.78 is 23.9. The highest BCUT2D eigenvalue weighted by atomic mass is 16.5. The summed E-state index contributed by atoms with van der Waals surface area (Å²) >= 11 is 0. The maximum absolute atomic E-state index is 13.4. The number of nitrogens with zero attached hydrogens (tertiary/aromatic N) is 1. The molecule has 9 nitrogen and oxygen atoms in total. The fourth-order valence-corrected chi connectivity index (χ4v) is 7.30. The van der Waals surface area contributed by atoms with E-state index in [0.29, 0.717) is 22.3 Å². The van der Waals surface area contributed by atoms with E-state index in [0.717, 1.165) is 29.6 Å². The summed E-state index contributed by atoms with van der Waals surface area (Å²) in [5, 5.41) is 10.8. The van der Waals surface area contributed by atoms with Crippen LogP contribution in [0.2, 0.25) is 0 Å². The Morgan fingerprint density at radius 3 is 2.00 bits per heavy atom. The molecular formula is C47H39NO8. The number of benzene rings is 6. The van der Waals surface area contributed by atoms with E-state index in [4.69, 9.17) is 18.9 Å². The number of fused-ring (bicyclic) bond motifs is 3. The van der Waals surface area contributed by atoms with Gasteiger partial charge < -0.3 is 29.0 Å². The number of carbonyl (C=O) groups excluding carboxylic acids is 3. The SMILES string of the molecule is CCOC(=O)c1cc2cc(OC(=O)c3ccc(OC(=O)c4ccc(O)cc4)cc3)ccc2c2c1C=CC(c1ccccc1)(c1ccc(N3CCCCC3)cc1)O2. The topological polar surface area (TPSA) is 112 Å². The zero-order valence-electron chi connectivity index (χ0n) is 30.8. The molecule has 9 heteroatoms. The van der Waals surface area contributed by atoms with Gasteiger partial charge in [0.1, 0.15) is 23.0 Å². The molecule has 6 aromatic carbocycles. The average molecular weight is 746 g/mol. The molecular weight excluding hydrogens is 707 g/mol. The third kappa shape index (κ3) is 7.19. The average Bonchev–Trinajstić information content (AvgIpc) is 3.24. The molecule has 1 atom stereocenters. The molecule has 56 heavy (non-hydrogen) atoms. The summed E-state index contributed by atoms with van der Waals surface area (Å²) in [7, 11) is 0. The van der Waals surface area contributed by atoms with Gasteiger partial charge in [-0.25, -0.2) is 14.4 Å². The van der Waals surface area contributed by atoms with Crippen molar-refractivity contribution < 1.29 is 38.4 Å². The number of piperidine rings is 1. The number of hydrogen-bond acceptors (Lipinski definition) is 9. The smallest absolute Gasteiger partial charge is 0.343 e. The van der Waals surface area contributed by atoms with Crippen molar-refractivity contribution in [2.45, 2.75) is 31.8 Å². The minimum absolute atomic E-state index is 0.0367. The third-order valence-electron chi connectivity index (χ3n) is 10.2. The van der Waals surface area contributed by atoms with E-state index in [9.17, 15) is 19.5 Å². The molecule has 280 valence electrons. The first-order valence-electron chi connectivity index (χ1n) is 18.7. The molecule has 0 aromatic heterocycles. The van der Waals surface area contributed by atoms with Crippen molar-refractivity contribution in [2.24, 2.45) is 0 Å². The molecule has 0 amide bonds. The van der Waals surface area contributed by atoms with Gasteiger partial charge >= 0.3 is 17.9 Å². The monoisotopic (exact) mass is 745 g/mol. The summed E-state index contributed by atoms with van der Waals surface area (Å²) in [5.41, 5.74) is 3.46. The van der Waals surface area contributed by atoms with E-state index in [1.807, 2.05) is 48.6 Å². The first-order valence-corrected chi connectivity index (χ1v) is 18.7. The first kappa shape index (κ1) is 36.1. The highest BCUT2D eigenvalue weighted by Gasteiger charge is 2.39. The van der Waals surface area contributed by atoms with Gasteiger partial charge in [0, 0.05) is 40.9 Å². The summed E-state index contributed by atoms with van der Waals surface area (Å²) in [6.07, 6.45) is 7.57. The Bertz CT molecular complexity index is 2430. The molecule has 8 rings (SSSR count). The van der Waals surface area contributed by atoms with Gasteiger partial charge in [-0.2, -0.15) is 0 Å².